The molecule has 1 saturated heterocycles. The van der Waals surface area contributed by atoms with Gasteiger partial charge in [-0.25, -0.2) is 4.98 Å². The van der Waals surface area contributed by atoms with Gasteiger partial charge < -0.3 is 15.0 Å². The Bertz CT molecular complexity index is 862. The van der Waals surface area contributed by atoms with E-state index in [0.29, 0.717) is 31.0 Å². The van der Waals surface area contributed by atoms with E-state index in [0.717, 1.165) is 30.5 Å². The highest BCUT2D eigenvalue weighted by atomic mass is 16.5. The molecule has 2 amide bonds. The zero-order valence-electron chi connectivity index (χ0n) is 15.9. The van der Waals surface area contributed by atoms with Gasteiger partial charge >= 0.3 is 0 Å². The molecular weight excluding hydrogens is 354 g/mol. The number of hydrogen-bond acceptors (Lipinski definition) is 4. The molecule has 6 heteroatoms. The first-order valence-electron chi connectivity index (χ1n) is 9.99. The molecule has 1 aromatic heterocycles. The van der Waals surface area contributed by atoms with Crippen LogP contribution in [0.25, 0.3) is 0 Å². The van der Waals surface area contributed by atoms with Gasteiger partial charge in [0.25, 0.3) is 5.91 Å². The quantitative estimate of drug-likeness (QED) is 0.834. The highest BCUT2D eigenvalue weighted by Gasteiger charge is 2.22. The lowest BCUT2D eigenvalue weighted by Gasteiger charge is -2.16. The first-order chi connectivity index (χ1) is 13.7. The van der Waals surface area contributed by atoms with Crippen molar-refractivity contribution in [3.05, 3.63) is 53.7 Å². The van der Waals surface area contributed by atoms with Crippen LogP contribution in [0.15, 0.2) is 42.6 Å². The van der Waals surface area contributed by atoms with E-state index in [1.165, 1.54) is 12.8 Å². The van der Waals surface area contributed by atoms with Crippen molar-refractivity contribution in [1.82, 2.24) is 10.3 Å². The smallest absolute Gasteiger partial charge is 0.251 e. The highest BCUT2D eigenvalue weighted by Crippen LogP contribution is 2.24. The summed E-state index contributed by atoms with van der Waals surface area (Å²) in [5.74, 6) is 0.570. The Labute approximate surface area is 164 Å². The number of hydrogen-bond donors (Lipinski definition) is 1. The third-order valence-electron chi connectivity index (χ3n) is 5.34. The van der Waals surface area contributed by atoms with E-state index in [4.69, 9.17) is 4.74 Å². The molecule has 6 nitrogen and oxygen atoms in total. The van der Waals surface area contributed by atoms with Crippen molar-refractivity contribution in [1.29, 1.82) is 0 Å². The Morgan fingerprint density at radius 2 is 2.04 bits per heavy atom. The second-order valence-electron chi connectivity index (χ2n) is 7.41. The number of rotatable bonds is 6. The lowest BCUT2D eigenvalue weighted by molar-refractivity contribution is -0.117. The van der Waals surface area contributed by atoms with Gasteiger partial charge in [-0.15, -0.1) is 0 Å². The fourth-order valence-electron chi connectivity index (χ4n) is 3.82. The zero-order valence-corrected chi connectivity index (χ0v) is 15.9. The Morgan fingerprint density at radius 3 is 2.82 bits per heavy atom. The minimum atomic E-state index is -0.163. The van der Waals surface area contributed by atoms with Crippen LogP contribution in [0.1, 0.15) is 54.4 Å². The Morgan fingerprint density at radius 1 is 1.18 bits per heavy atom. The molecule has 0 unspecified atom stereocenters. The molecule has 2 aromatic rings. The molecule has 2 fully saturated rings. The number of carbonyl (C=O) groups is 2. The van der Waals surface area contributed by atoms with Crippen LogP contribution in [0.3, 0.4) is 0 Å². The number of nitrogens with one attached hydrogen (secondary N) is 1. The van der Waals surface area contributed by atoms with Crippen molar-refractivity contribution in [2.45, 2.75) is 51.2 Å². The van der Waals surface area contributed by atoms with Gasteiger partial charge in [0, 0.05) is 43.0 Å². The normalized spacial score (nSPS) is 17.1. The van der Waals surface area contributed by atoms with Crippen molar-refractivity contribution in [3.8, 4) is 5.88 Å². The van der Waals surface area contributed by atoms with Crippen molar-refractivity contribution in [3.63, 3.8) is 0 Å². The summed E-state index contributed by atoms with van der Waals surface area (Å²) >= 11 is 0. The maximum atomic E-state index is 12.6. The van der Waals surface area contributed by atoms with Crippen LogP contribution in [0.2, 0.25) is 0 Å². The van der Waals surface area contributed by atoms with Crippen LogP contribution in [0, 0.1) is 0 Å². The Hall–Kier alpha value is -2.89. The minimum absolute atomic E-state index is 0.115. The van der Waals surface area contributed by atoms with Crippen LogP contribution in [0.4, 0.5) is 5.69 Å². The maximum Gasteiger partial charge on any atom is 0.251 e. The summed E-state index contributed by atoms with van der Waals surface area (Å²) in [5.41, 5.74) is 2.28. The summed E-state index contributed by atoms with van der Waals surface area (Å²) in [6.45, 7) is 1.11. The summed E-state index contributed by atoms with van der Waals surface area (Å²) < 4.78 is 5.93. The van der Waals surface area contributed by atoms with Crippen LogP contribution in [-0.4, -0.2) is 29.4 Å². The van der Waals surface area contributed by atoms with Crippen LogP contribution in [-0.2, 0) is 11.3 Å². The maximum absolute atomic E-state index is 12.6. The molecule has 0 bridgehead atoms. The number of benzene rings is 1. The van der Waals surface area contributed by atoms with Crippen molar-refractivity contribution in [2.24, 2.45) is 0 Å². The molecule has 2 aliphatic rings. The average Bonchev–Trinajstić information content (AvgIpc) is 3.38. The number of amides is 2. The second-order valence-corrected chi connectivity index (χ2v) is 7.41. The van der Waals surface area contributed by atoms with Crippen LogP contribution >= 0.6 is 0 Å². The summed E-state index contributed by atoms with van der Waals surface area (Å²) in [6.07, 6.45) is 7.99. The van der Waals surface area contributed by atoms with E-state index in [1.54, 1.807) is 23.2 Å². The van der Waals surface area contributed by atoms with Crippen LogP contribution in [0.5, 0.6) is 5.88 Å². The summed E-state index contributed by atoms with van der Waals surface area (Å²) in [6, 6.07) is 11.0. The molecule has 0 spiro atoms. The van der Waals surface area contributed by atoms with E-state index >= 15 is 0 Å². The second kappa shape index (κ2) is 8.42. The molecule has 0 atom stereocenters. The van der Waals surface area contributed by atoms with E-state index < -0.39 is 0 Å². The lowest BCUT2D eigenvalue weighted by Crippen LogP contribution is -2.25. The molecule has 0 radical (unpaired) electrons. The first-order valence-corrected chi connectivity index (χ1v) is 9.99. The SMILES string of the molecule is O=C(NCc1ccnc(OC2CCCC2)c1)c1cccc(N2CCCC2=O)c1. The predicted octanol–water partition coefficient (Wildman–Crippen LogP) is 3.46. The van der Waals surface area contributed by atoms with Crippen LogP contribution < -0.4 is 15.0 Å². The van der Waals surface area contributed by atoms with Gasteiger partial charge in [0.1, 0.15) is 6.10 Å². The van der Waals surface area contributed by atoms with Gasteiger partial charge in [-0.1, -0.05) is 6.07 Å². The molecule has 1 aliphatic heterocycles. The van der Waals surface area contributed by atoms with E-state index in [2.05, 4.69) is 10.3 Å². The molecule has 4 rings (SSSR count). The number of nitrogens with zero attached hydrogens (tertiary/aromatic N) is 2. The molecule has 1 aromatic carbocycles. The number of anilines is 1. The van der Waals surface area contributed by atoms with Gasteiger partial charge in [0.05, 0.1) is 0 Å². The molecule has 1 saturated carbocycles. The predicted molar refractivity (Wildman–Crippen MR) is 106 cm³/mol. The summed E-state index contributed by atoms with van der Waals surface area (Å²) in [7, 11) is 0. The topological polar surface area (TPSA) is 71.5 Å². The number of pyridine rings is 1. The number of aromatic nitrogens is 1. The molecule has 28 heavy (non-hydrogen) atoms. The monoisotopic (exact) mass is 379 g/mol. The van der Waals surface area contributed by atoms with Crippen molar-refractivity contribution < 1.29 is 14.3 Å². The van der Waals surface area contributed by atoms with Gasteiger partial charge in [-0.05, 0) is 61.9 Å². The molecular formula is C22H25N3O3. The van der Waals surface area contributed by atoms with Gasteiger partial charge in [-0.3, -0.25) is 9.59 Å². The molecule has 1 aliphatic carbocycles. The Kier molecular flexibility index (Phi) is 5.55. The Balaban J connectivity index is 1.37. The lowest BCUT2D eigenvalue weighted by atomic mass is 10.1. The molecule has 146 valence electrons. The number of carbonyl (C=O) groups excluding carboxylic acids is 2. The average molecular weight is 379 g/mol. The van der Waals surface area contributed by atoms with Crippen molar-refractivity contribution in [2.75, 3.05) is 11.4 Å². The van der Waals surface area contributed by atoms with E-state index in [9.17, 15) is 9.59 Å². The summed E-state index contributed by atoms with van der Waals surface area (Å²) in [4.78, 5) is 30.5. The zero-order chi connectivity index (χ0) is 19.3. The van der Waals surface area contributed by atoms with Gasteiger partial charge in [0.15, 0.2) is 0 Å². The van der Waals surface area contributed by atoms with Gasteiger partial charge in [-0.2, -0.15) is 0 Å². The van der Waals surface area contributed by atoms with Gasteiger partial charge in [0.2, 0.25) is 11.8 Å². The fraction of sp³-hybridized carbons (Fsp3) is 0.409. The van der Waals surface area contributed by atoms with Crippen molar-refractivity contribution >= 4 is 17.5 Å². The third kappa shape index (κ3) is 4.32. The van der Waals surface area contributed by atoms with E-state index in [-0.39, 0.29) is 17.9 Å². The largest absolute Gasteiger partial charge is 0.474 e. The third-order valence-corrected chi connectivity index (χ3v) is 5.34. The summed E-state index contributed by atoms with van der Waals surface area (Å²) in [5, 5.41) is 2.94. The standard InChI is InChI=1S/C22H25N3O3/c26-21-9-4-12-25(21)18-6-3-5-17(14-18)22(27)24-15-16-10-11-23-20(13-16)28-19-7-1-2-8-19/h3,5-6,10-11,13-14,19H,1-2,4,7-9,12,15H2,(H,24,27). The highest BCUT2D eigenvalue weighted by molar-refractivity contribution is 5.99. The first kappa shape index (κ1) is 18.5. The number of ether oxygens (including phenoxy) is 1. The molecule has 1 N–H and O–H groups in total. The minimum Gasteiger partial charge on any atom is -0.474 e. The fourth-order valence-corrected chi connectivity index (χ4v) is 3.82. The van der Waals surface area contributed by atoms with E-state index in [1.807, 2.05) is 24.3 Å². The molecule has 2 heterocycles.